The molecule has 148 valence electrons. The highest BCUT2D eigenvalue weighted by Gasteiger charge is 2.26. The SMILES string of the molecule is C[C@@H]1CN(C(=O)COc2ccccc2C(=O)NCc2ccccc2)C[C@H](C)O1. The minimum absolute atomic E-state index is 0.00347. The number of carbonyl (C=O) groups is 2. The minimum Gasteiger partial charge on any atom is -0.483 e. The minimum atomic E-state index is -0.236. The molecule has 0 bridgehead atoms. The van der Waals surface area contributed by atoms with Gasteiger partial charge < -0.3 is 19.7 Å². The number of nitrogens with zero attached hydrogens (tertiary/aromatic N) is 1. The number of ether oxygens (including phenoxy) is 2. The maximum Gasteiger partial charge on any atom is 0.260 e. The van der Waals surface area contributed by atoms with Gasteiger partial charge >= 0.3 is 0 Å². The Morgan fingerprint density at radius 3 is 2.39 bits per heavy atom. The highest BCUT2D eigenvalue weighted by Crippen LogP contribution is 2.19. The van der Waals surface area contributed by atoms with Crippen LogP contribution in [0, 0.1) is 0 Å². The average molecular weight is 382 g/mol. The van der Waals surface area contributed by atoms with Crippen molar-refractivity contribution in [2.75, 3.05) is 19.7 Å². The molecule has 0 radical (unpaired) electrons. The fourth-order valence-electron chi connectivity index (χ4n) is 3.27. The van der Waals surface area contributed by atoms with E-state index in [0.717, 1.165) is 5.56 Å². The number of rotatable bonds is 6. The molecule has 0 spiro atoms. The zero-order valence-electron chi connectivity index (χ0n) is 16.3. The Morgan fingerprint density at radius 1 is 1.04 bits per heavy atom. The van der Waals surface area contributed by atoms with Crippen molar-refractivity contribution in [1.29, 1.82) is 0 Å². The molecule has 3 rings (SSSR count). The summed E-state index contributed by atoms with van der Waals surface area (Å²) in [7, 11) is 0. The van der Waals surface area contributed by atoms with Crippen LogP contribution in [-0.2, 0) is 16.1 Å². The van der Waals surface area contributed by atoms with Gasteiger partial charge in [0, 0.05) is 19.6 Å². The molecule has 1 aliphatic heterocycles. The van der Waals surface area contributed by atoms with Gasteiger partial charge in [-0.1, -0.05) is 42.5 Å². The van der Waals surface area contributed by atoms with Crippen molar-refractivity contribution in [2.24, 2.45) is 0 Å². The van der Waals surface area contributed by atoms with Crippen LogP contribution in [-0.4, -0.2) is 48.6 Å². The first-order valence-corrected chi connectivity index (χ1v) is 9.50. The second-order valence-corrected chi connectivity index (χ2v) is 7.01. The van der Waals surface area contributed by atoms with Gasteiger partial charge in [-0.05, 0) is 31.5 Å². The van der Waals surface area contributed by atoms with Gasteiger partial charge in [-0.15, -0.1) is 0 Å². The molecular weight excluding hydrogens is 356 g/mol. The molecule has 2 aromatic carbocycles. The standard InChI is InChI=1S/C22H26N2O4/c1-16-13-24(14-17(2)28-16)21(25)15-27-20-11-7-6-10-19(20)22(26)23-12-18-8-4-3-5-9-18/h3-11,16-17H,12-15H2,1-2H3,(H,23,26)/t16-,17+. The molecule has 6 nitrogen and oxygen atoms in total. The fourth-order valence-corrected chi connectivity index (χ4v) is 3.27. The van der Waals surface area contributed by atoms with Crippen LogP contribution in [0.4, 0.5) is 0 Å². The lowest BCUT2D eigenvalue weighted by Gasteiger charge is -2.35. The number of para-hydroxylation sites is 1. The summed E-state index contributed by atoms with van der Waals surface area (Å²) in [5, 5.41) is 2.89. The predicted molar refractivity (Wildman–Crippen MR) is 106 cm³/mol. The Hall–Kier alpha value is -2.86. The Balaban J connectivity index is 1.59. The van der Waals surface area contributed by atoms with E-state index in [2.05, 4.69) is 5.32 Å². The smallest absolute Gasteiger partial charge is 0.260 e. The molecule has 28 heavy (non-hydrogen) atoms. The summed E-state index contributed by atoms with van der Waals surface area (Å²) in [5.41, 5.74) is 1.43. The number of amides is 2. The van der Waals surface area contributed by atoms with Crippen LogP contribution in [0.15, 0.2) is 54.6 Å². The van der Waals surface area contributed by atoms with Crippen molar-refractivity contribution in [1.82, 2.24) is 10.2 Å². The number of nitrogens with one attached hydrogen (secondary N) is 1. The lowest BCUT2D eigenvalue weighted by atomic mass is 10.1. The van der Waals surface area contributed by atoms with Gasteiger partial charge in [0.1, 0.15) is 5.75 Å². The lowest BCUT2D eigenvalue weighted by molar-refractivity contribution is -0.145. The summed E-state index contributed by atoms with van der Waals surface area (Å²) in [6.45, 7) is 5.31. The Labute approximate surface area is 165 Å². The Bertz CT molecular complexity index is 799. The third-order valence-electron chi connectivity index (χ3n) is 4.55. The second kappa shape index (κ2) is 9.37. The van der Waals surface area contributed by atoms with Gasteiger partial charge in [-0.2, -0.15) is 0 Å². The Morgan fingerprint density at radius 2 is 1.68 bits per heavy atom. The maximum atomic E-state index is 12.6. The number of morpholine rings is 1. The molecule has 1 fully saturated rings. The van der Waals surface area contributed by atoms with E-state index in [-0.39, 0.29) is 30.6 Å². The predicted octanol–water partition coefficient (Wildman–Crippen LogP) is 2.63. The monoisotopic (exact) mass is 382 g/mol. The van der Waals surface area contributed by atoms with E-state index in [0.29, 0.717) is 30.9 Å². The molecule has 1 N–H and O–H groups in total. The molecule has 2 atom stereocenters. The van der Waals surface area contributed by atoms with Gasteiger partial charge in [0.25, 0.3) is 11.8 Å². The van der Waals surface area contributed by atoms with Crippen molar-refractivity contribution < 1.29 is 19.1 Å². The van der Waals surface area contributed by atoms with Crippen LogP contribution in [0.2, 0.25) is 0 Å². The lowest BCUT2D eigenvalue weighted by Crippen LogP contribution is -2.49. The summed E-state index contributed by atoms with van der Waals surface area (Å²) < 4.78 is 11.4. The quantitative estimate of drug-likeness (QED) is 0.834. The van der Waals surface area contributed by atoms with Crippen LogP contribution < -0.4 is 10.1 Å². The molecule has 0 saturated carbocycles. The molecule has 0 aliphatic carbocycles. The van der Waals surface area contributed by atoms with Crippen molar-refractivity contribution in [3.05, 3.63) is 65.7 Å². The van der Waals surface area contributed by atoms with E-state index in [1.54, 1.807) is 29.2 Å². The molecule has 2 aromatic rings. The van der Waals surface area contributed by atoms with E-state index in [1.165, 1.54) is 0 Å². The molecule has 1 heterocycles. The first-order chi connectivity index (χ1) is 13.5. The number of hydrogen-bond acceptors (Lipinski definition) is 4. The van der Waals surface area contributed by atoms with Gasteiger partial charge in [-0.25, -0.2) is 0 Å². The average Bonchev–Trinajstić information content (AvgIpc) is 2.70. The zero-order chi connectivity index (χ0) is 19.9. The molecule has 6 heteroatoms. The summed E-state index contributed by atoms with van der Waals surface area (Å²) in [6.07, 6.45) is 0.00695. The molecule has 0 unspecified atom stereocenters. The van der Waals surface area contributed by atoms with Crippen LogP contribution >= 0.6 is 0 Å². The van der Waals surface area contributed by atoms with Gasteiger partial charge in [0.05, 0.1) is 17.8 Å². The van der Waals surface area contributed by atoms with Crippen molar-refractivity contribution >= 4 is 11.8 Å². The number of hydrogen-bond donors (Lipinski definition) is 1. The first kappa shape index (κ1) is 19.9. The normalized spacial score (nSPS) is 19.1. The molecular formula is C22H26N2O4. The van der Waals surface area contributed by atoms with Gasteiger partial charge in [-0.3, -0.25) is 9.59 Å². The number of carbonyl (C=O) groups excluding carboxylic acids is 2. The van der Waals surface area contributed by atoms with Gasteiger partial charge in [0.15, 0.2) is 6.61 Å². The number of benzene rings is 2. The van der Waals surface area contributed by atoms with Crippen molar-refractivity contribution in [3.8, 4) is 5.75 Å². The summed E-state index contributed by atoms with van der Waals surface area (Å²) in [4.78, 5) is 26.8. The highest BCUT2D eigenvalue weighted by atomic mass is 16.5. The maximum absolute atomic E-state index is 12.6. The van der Waals surface area contributed by atoms with E-state index in [1.807, 2.05) is 44.2 Å². The van der Waals surface area contributed by atoms with E-state index < -0.39 is 0 Å². The zero-order valence-corrected chi connectivity index (χ0v) is 16.3. The highest BCUT2D eigenvalue weighted by molar-refractivity contribution is 5.97. The van der Waals surface area contributed by atoms with Crippen LogP contribution in [0.5, 0.6) is 5.75 Å². The molecule has 1 aliphatic rings. The van der Waals surface area contributed by atoms with E-state index in [9.17, 15) is 9.59 Å². The molecule has 0 aromatic heterocycles. The van der Waals surface area contributed by atoms with Gasteiger partial charge in [0.2, 0.25) is 0 Å². The van der Waals surface area contributed by atoms with Crippen molar-refractivity contribution in [2.45, 2.75) is 32.6 Å². The third-order valence-corrected chi connectivity index (χ3v) is 4.55. The summed E-state index contributed by atoms with van der Waals surface area (Å²) >= 11 is 0. The first-order valence-electron chi connectivity index (χ1n) is 9.50. The molecule has 1 saturated heterocycles. The Kier molecular flexibility index (Phi) is 6.66. The third kappa shape index (κ3) is 5.33. The van der Waals surface area contributed by atoms with E-state index in [4.69, 9.17) is 9.47 Å². The largest absolute Gasteiger partial charge is 0.483 e. The van der Waals surface area contributed by atoms with Crippen LogP contribution in [0.3, 0.4) is 0 Å². The summed E-state index contributed by atoms with van der Waals surface area (Å²) in [6, 6.07) is 16.6. The fraction of sp³-hybridized carbons (Fsp3) is 0.364. The second-order valence-electron chi connectivity index (χ2n) is 7.01. The summed E-state index contributed by atoms with van der Waals surface area (Å²) in [5.74, 6) is 0.0535. The molecule has 2 amide bonds. The van der Waals surface area contributed by atoms with E-state index >= 15 is 0 Å². The topological polar surface area (TPSA) is 67.9 Å². The van der Waals surface area contributed by atoms with Crippen LogP contribution in [0.1, 0.15) is 29.8 Å². The van der Waals surface area contributed by atoms with Crippen LogP contribution in [0.25, 0.3) is 0 Å². The van der Waals surface area contributed by atoms with Crippen molar-refractivity contribution in [3.63, 3.8) is 0 Å².